The van der Waals surface area contributed by atoms with Gasteiger partial charge in [0.05, 0.1) is 17.1 Å². The van der Waals surface area contributed by atoms with Crippen LogP contribution in [0.5, 0.6) is 5.75 Å². The number of halogens is 2. The van der Waals surface area contributed by atoms with Crippen molar-refractivity contribution in [2.45, 2.75) is 13.3 Å². The van der Waals surface area contributed by atoms with Crippen LogP contribution in [-0.2, 0) is 13.5 Å². The van der Waals surface area contributed by atoms with Gasteiger partial charge in [-0.3, -0.25) is 0 Å². The van der Waals surface area contributed by atoms with Crippen molar-refractivity contribution in [1.29, 1.82) is 0 Å². The molecular formula is C16H15F2N3O. The maximum atomic E-state index is 14.2. The molecule has 114 valence electrons. The minimum Gasteiger partial charge on any atom is -0.505 e. The zero-order valence-electron chi connectivity index (χ0n) is 12.2. The number of phenolic OH excluding ortho intramolecular Hbond substituents is 1. The van der Waals surface area contributed by atoms with Crippen molar-refractivity contribution in [3.05, 3.63) is 53.9 Å². The summed E-state index contributed by atoms with van der Waals surface area (Å²) in [7, 11) is 1.87. The molecule has 0 atom stereocenters. The third kappa shape index (κ3) is 2.16. The van der Waals surface area contributed by atoms with E-state index in [1.54, 1.807) is 0 Å². The van der Waals surface area contributed by atoms with Gasteiger partial charge in [0.2, 0.25) is 5.82 Å². The number of aromatic nitrogens is 3. The van der Waals surface area contributed by atoms with Gasteiger partial charge in [-0.05, 0) is 36.8 Å². The number of benzene rings is 1. The number of rotatable bonds is 3. The Morgan fingerprint density at radius 1 is 1.14 bits per heavy atom. The fraction of sp³-hybridized carbons (Fsp3) is 0.188. The number of hydrogen-bond acceptors (Lipinski definition) is 2. The van der Waals surface area contributed by atoms with Gasteiger partial charge in [0, 0.05) is 13.2 Å². The number of aromatic hydroxyl groups is 1. The van der Waals surface area contributed by atoms with E-state index in [9.17, 15) is 13.9 Å². The molecule has 0 aliphatic rings. The van der Waals surface area contributed by atoms with Crippen LogP contribution in [0, 0.1) is 11.6 Å². The summed E-state index contributed by atoms with van der Waals surface area (Å²) in [6.45, 7) is 1.94. The molecule has 0 saturated heterocycles. The summed E-state index contributed by atoms with van der Waals surface area (Å²) in [5.41, 5.74) is 2.23. The van der Waals surface area contributed by atoms with Gasteiger partial charge in [-0.15, -0.1) is 0 Å². The summed E-state index contributed by atoms with van der Waals surface area (Å²) < 4.78 is 31.1. The van der Waals surface area contributed by atoms with Gasteiger partial charge >= 0.3 is 0 Å². The molecule has 0 radical (unpaired) electrons. The third-order valence-corrected chi connectivity index (χ3v) is 3.60. The molecule has 2 aromatic heterocycles. The summed E-state index contributed by atoms with van der Waals surface area (Å²) in [6.07, 6.45) is 2.54. The Bertz CT molecular complexity index is 836. The Labute approximate surface area is 126 Å². The van der Waals surface area contributed by atoms with Gasteiger partial charge in [-0.1, -0.05) is 6.92 Å². The standard InChI is InChI=1S/C16H15F2N3O/c1-3-10-9-13(11-5-4-8-20(11)2)21(19-10)12-6-7-14(22)16(18)15(12)17/h4-9,22H,3H2,1-2H3. The van der Waals surface area contributed by atoms with E-state index in [4.69, 9.17) is 0 Å². The van der Waals surface area contributed by atoms with Crippen LogP contribution in [0.4, 0.5) is 8.78 Å². The molecule has 22 heavy (non-hydrogen) atoms. The first-order chi connectivity index (χ1) is 10.5. The summed E-state index contributed by atoms with van der Waals surface area (Å²) in [4.78, 5) is 0. The number of nitrogens with zero attached hydrogens (tertiary/aromatic N) is 3. The van der Waals surface area contributed by atoms with Gasteiger partial charge in [0.25, 0.3) is 0 Å². The maximum Gasteiger partial charge on any atom is 0.202 e. The van der Waals surface area contributed by atoms with Crippen LogP contribution in [0.2, 0.25) is 0 Å². The van der Waals surface area contributed by atoms with E-state index in [0.29, 0.717) is 12.1 Å². The van der Waals surface area contributed by atoms with Crippen LogP contribution >= 0.6 is 0 Å². The highest BCUT2D eigenvalue weighted by atomic mass is 19.2. The van der Waals surface area contributed by atoms with Crippen molar-refractivity contribution in [3.63, 3.8) is 0 Å². The molecule has 0 saturated carbocycles. The first-order valence-electron chi connectivity index (χ1n) is 6.91. The second-order valence-electron chi connectivity index (χ2n) is 5.02. The average molecular weight is 303 g/mol. The maximum absolute atomic E-state index is 14.2. The monoisotopic (exact) mass is 303 g/mol. The van der Waals surface area contributed by atoms with Crippen LogP contribution in [-0.4, -0.2) is 19.5 Å². The predicted molar refractivity (Wildman–Crippen MR) is 78.9 cm³/mol. The summed E-state index contributed by atoms with van der Waals surface area (Å²) in [5, 5.41) is 13.6. The van der Waals surface area contributed by atoms with E-state index in [0.717, 1.165) is 17.5 Å². The van der Waals surface area contributed by atoms with Crippen molar-refractivity contribution in [1.82, 2.24) is 14.3 Å². The lowest BCUT2D eigenvalue weighted by molar-refractivity contribution is 0.405. The molecule has 1 aromatic carbocycles. The van der Waals surface area contributed by atoms with Crippen molar-refractivity contribution < 1.29 is 13.9 Å². The largest absolute Gasteiger partial charge is 0.505 e. The number of aryl methyl sites for hydroxylation is 2. The predicted octanol–water partition coefficient (Wildman–Crippen LogP) is 3.42. The highest BCUT2D eigenvalue weighted by molar-refractivity contribution is 5.60. The molecule has 0 amide bonds. The summed E-state index contributed by atoms with van der Waals surface area (Å²) in [5.74, 6) is -3.12. The number of phenols is 1. The Balaban J connectivity index is 2.26. The SMILES string of the molecule is CCc1cc(-c2cccn2C)n(-c2ccc(O)c(F)c2F)n1. The van der Waals surface area contributed by atoms with E-state index in [2.05, 4.69) is 5.10 Å². The first kappa shape index (κ1) is 14.3. The molecule has 4 nitrogen and oxygen atoms in total. The summed E-state index contributed by atoms with van der Waals surface area (Å²) >= 11 is 0. The molecule has 3 rings (SSSR count). The molecule has 0 fully saturated rings. The molecule has 0 bridgehead atoms. The Hall–Kier alpha value is -2.63. The lowest BCUT2D eigenvalue weighted by atomic mass is 10.2. The molecule has 0 spiro atoms. The second kappa shape index (κ2) is 5.29. The highest BCUT2D eigenvalue weighted by Gasteiger charge is 2.19. The zero-order valence-corrected chi connectivity index (χ0v) is 12.2. The lowest BCUT2D eigenvalue weighted by Gasteiger charge is -2.10. The molecule has 3 aromatic rings. The number of hydrogen-bond donors (Lipinski definition) is 1. The lowest BCUT2D eigenvalue weighted by Crippen LogP contribution is -2.05. The molecule has 0 unspecified atom stereocenters. The molecule has 2 heterocycles. The van der Waals surface area contributed by atoms with E-state index < -0.39 is 17.4 Å². The van der Waals surface area contributed by atoms with Crippen LogP contribution in [0.25, 0.3) is 17.1 Å². The third-order valence-electron chi connectivity index (χ3n) is 3.60. The average Bonchev–Trinajstić information content (AvgIpc) is 3.10. The normalized spacial score (nSPS) is 11.1. The molecular weight excluding hydrogens is 288 g/mol. The van der Waals surface area contributed by atoms with Gasteiger partial charge in [0.15, 0.2) is 11.6 Å². The van der Waals surface area contributed by atoms with Crippen LogP contribution in [0.3, 0.4) is 0 Å². The smallest absolute Gasteiger partial charge is 0.202 e. The topological polar surface area (TPSA) is 43.0 Å². The van der Waals surface area contributed by atoms with Crippen LogP contribution in [0.15, 0.2) is 36.5 Å². The highest BCUT2D eigenvalue weighted by Crippen LogP contribution is 2.29. The Morgan fingerprint density at radius 2 is 1.91 bits per heavy atom. The minimum absolute atomic E-state index is 0.0359. The van der Waals surface area contributed by atoms with Gasteiger partial charge in [-0.25, -0.2) is 9.07 Å². The quantitative estimate of drug-likeness (QED) is 0.805. The molecule has 0 aliphatic heterocycles. The van der Waals surface area contributed by atoms with E-state index in [1.807, 2.05) is 42.9 Å². The van der Waals surface area contributed by atoms with Crippen molar-refractivity contribution in [3.8, 4) is 22.8 Å². The zero-order chi connectivity index (χ0) is 15.9. The fourth-order valence-electron chi connectivity index (χ4n) is 2.39. The molecule has 6 heteroatoms. The van der Waals surface area contributed by atoms with Crippen LogP contribution < -0.4 is 0 Å². The Kier molecular flexibility index (Phi) is 3.44. The van der Waals surface area contributed by atoms with Gasteiger partial charge in [0.1, 0.15) is 5.69 Å². The second-order valence-corrected chi connectivity index (χ2v) is 5.02. The summed E-state index contributed by atoms with van der Waals surface area (Å²) in [6, 6.07) is 8.02. The van der Waals surface area contributed by atoms with Crippen molar-refractivity contribution in [2.24, 2.45) is 7.05 Å². The van der Waals surface area contributed by atoms with Gasteiger partial charge < -0.3 is 9.67 Å². The fourth-order valence-corrected chi connectivity index (χ4v) is 2.39. The molecule has 1 N–H and O–H groups in total. The van der Waals surface area contributed by atoms with E-state index in [-0.39, 0.29) is 5.69 Å². The van der Waals surface area contributed by atoms with Gasteiger partial charge in [-0.2, -0.15) is 9.49 Å². The minimum atomic E-state index is -1.27. The molecule has 0 aliphatic carbocycles. The van der Waals surface area contributed by atoms with Crippen molar-refractivity contribution >= 4 is 0 Å². The van der Waals surface area contributed by atoms with Crippen LogP contribution in [0.1, 0.15) is 12.6 Å². The Morgan fingerprint density at radius 3 is 2.55 bits per heavy atom. The first-order valence-corrected chi connectivity index (χ1v) is 6.91. The van der Waals surface area contributed by atoms with E-state index >= 15 is 0 Å². The van der Waals surface area contributed by atoms with Crippen molar-refractivity contribution in [2.75, 3.05) is 0 Å². The van der Waals surface area contributed by atoms with E-state index in [1.165, 1.54) is 10.7 Å².